The predicted octanol–water partition coefficient (Wildman–Crippen LogP) is 7.56. The van der Waals surface area contributed by atoms with Crippen LogP contribution in [0.4, 0.5) is 11.5 Å². The average Bonchev–Trinajstić information content (AvgIpc) is 4.03. The van der Waals surface area contributed by atoms with Crippen molar-refractivity contribution in [1.29, 1.82) is 0 Å². The summed E-state index contributed by atoms with van der Waals surface area (Å²) >= 11 is 6.80. The van der Waals surface area contributed by atoms with E-state index in [1.165, 1.54) is 16.7 Å². The number of piperidine rings is 3. The second-order valence-corrected chi connectivity index (χ2v) is 22.8. The highest BCUT2D eigenvalue weighted by molar-refractivity contribution is 6.36. The minimum Gasteiger partial charge on any atom is -0.508 e. The lowest BCUT2D eigenvalue weighted by Gasteiger charge is -2.47. The number of phenolic OH excluding ortho intramolecular Hbond substituents is 2. The van der Waals surface area contributed by atoms with Gasteiger partial charge in [-0.1, -0.05) is 68.4 Å². The molecule has 0 saturated carbocycles. The molecule has 0 bridgehead atoms. The normalized spacial score (nSPS) is 18.3. The minimum absolute atomic E-state index is 0.0251. The molecule has 0 radical (unpaired) electrons. The van der Waals surface area contributed by atoms with E-state index in [1.807, 2.05) is 55.1 Å². The van der Waals surface area contributed by atoms with Crippen molar-refractivity contribution in [3.05, 3.63) is 119 Å². The summed E-state index contributed by atoms with van der Waals surface area (Å²) in [4.78, 5) is 62.5. The Morgan fingerprint density at radius 1 is 0.810 bits per heavy atom. The van der Waals surface area contributed by atoms with Gasteiger partial charge in [-0.3, -0.25) is 28.8 Å². The number of piperazine rings is 1. The van der Waals surface area contributed by atoms with E-state index in [-0.39, 0.29) is 46.3 Å². The van der Waals surface area contributed by atoms with Gasteiger partial charge in [0.15, 0.2) is 5.82 Å². The Morgan fingerprint density at radius 2 is 1.52 bits per heavy atom. The van der Waals surface area contributed by atoms with Crippen LogP contribution in [0, 0.1) is 11.3 Å². The van der Waals surface area contributed by atoms with Gasteiger partial charge in [0.1, 0.15) is 23.9 Å². The SMILES string of the molecule is C=CC(=O)N1CCN(c2nc(OCCN3CCC4(CC3)CCN(C(=O)C3CCN(Cc5ccc(-n6c(C(N)=O)nnc6-c6cc(C(C)C)c(O)cc6O)cc5)CC3)CC4)nc3c2CCN(c2cccc4cccc(Cl)c24)C3)CC1. The van der Waals surface area contributed by atoms with Gasteiger partial charge in [-0.15, -0.1) is 10.2 Å². The van der Waals surface area contributed by atoms with E-state index in [1.54, 1.807) is 6.07 Å². The average molecular weight is 1090 g/mol. The molecule has 0 atom stereocenters. The van der Waals surface area contributed by atoms with Crippen LogP contribution in [0.3, 0.4) is 0 Å². The molecule has 11 rings (SSSR count). The van der Waals surface area contributed by atoms with Gasteiger partial charge >= 0.3 is 6.01 Å². The van der Waals surface area contributed by atoms with Crippen LogP contribution in [0.5, 0.6) is 17.5 Å². The Hall–Kier alpha value is -7.28. The van der Waals surface area contributed by atoms with Gasteiger partial charge in [-0.25, -0.2) is 0 Å². The van der Waals surface area contributed by atoms with E-state index in [2.05, 4.69) is 65.5 Å². The third-order valence-corrected chi connectivity index (χ3v) is 17.7. The number of carbonyl (C=O) groups is 3. The lowest BCUT2D eigenvalue weighted by Crippen LogP contribution is -2.50. The number of nitrogens with zero attached hydrogens (tertiary/aromatic N) is 11. The van der Waals surface area contributed by atoms with Crippen molar-refractivity contribution >= 4 is 51.6 Å². The smallest absolute Gasteiger partial charge is 0.318 e. The number of amides is 3. The Labute approximate surface area is 466 Å². The molecule has 4 aromatic carbocycles. The number of ether oxygens (including phenoxy) is 1. The number of rotatable bonds is 14. The van der Waals surface area contributed by atoms with E-state index in [0.717, 1.165) is 148 Å². The molecule has 4 fully saturated rings. The maximum Gasteiger partial charge on any atom is 0.318 e. The third kappa shape index (κ3) is 11.2. The van der Waals surface area contributed by atoms with Crippen LogP contribution in [0.1, 0.15) is 91.3 Å². The molecular weight excluding hydrogens is 1020 g/mol. The highest BCUT2D eigenvalue weighted by Crippen LogP contribution is 2.43. The second-order valence-electron chi connectivity index (χ2n) is 22.4. The molecule has 1 spiro atoms. The minimum atomic E-state index is -0.759. The Kier molecular flexibility index (Phi) is 15.5. The fraction of sp³-hybridized carbons (Fsp3) is 0.450. The number of nitrogens with two attached hydrogens (primary N) is 1. The fourth-order valence-corrected chi connectivity index (χ4v) is 12.9. The first-order chi connectivity index (χ1) is 38.2. The van der Waals surface area contributed by atoms with E-state index in [9.17, 15) is 24.6 Å². The van der Waals surface area contributed by atoms with Gasteiger partial charge in [-0.05, 0) is 135 Å². The standard InChI is InChI=1S/C60H71ClN12O6/c1-4-52(76)69-29-31-70(32-30-69)55-44-17-24-72(49-10-6-8-41-7-5-9-47(61)53(41)49)38-48(44)63-59(64-55)79-34-33-67-25-18-60(19-26-67)20-27-71(28-21-60)58(78)42-15-22-68(23-16-42)37-40-11-13-43(14-12-40)73-56(65-66-57(73)54(62)77)46-35-45(39(2)3)50(74)36-51(46)75/h4-14,35-36,39,42,74-75H,1,15-34,37-38H2,2-3H3,(H2,62,77). The maximum atomic E-state index is 14.0. The number of halogens is 1. The number of fused-ring (bicyclic) bond motifs is 2. The van der Waals surface area contributed by atoms with E-state index in [0.29, 0.717) is 68.1 Å². The van der Waals surface area contributed by atoms with Crippen molar-refractivity contribution in [1.82, 2.24) is 44.3 Å². The molecule has 18 nitrogen and oxygen atoms in total. The summed E-state index contributed by atoms with van der Waals surface area (Å²) in [5.74, 6) is 0.333. The summed E-state index contributed by atoms with van der Waals surface area (Å²) < 4.78 is 7.99. The number of primary amides is 1. The monoisotopic (exact) mass is 1090 g/mol. The van der Waals surface area contributed by atoms with E-state index >= 15 is 0 Å². The molecule has 0 aliphatic carbocycles. The van der Waals surface area contributed by atoms with Crippen LogP contribution in [0.25, 0.3) is 27.8 Å². The number of benzene rings is 4. The molecule has 19 heteroatoms. The van der Waals surface area contributed by atoms with Crippen molar-refractivity contribution in [3.63, 3.8) is 0 Å². The Bertz CT molecular complexity index is 3240. The van der Waals surface area contributed by atoms with Crippen LogP contribution in [-0.2, 0) is 29.1 Å². The van der Waals surface area contributed by atoms with Crippen LogP contribution in [-0.4, -0.2) is 157 Å². The number of anilines is 2. The molecule has 0 unspecified atom stereocenters. The zero-order valence-electron chi connectivity index (χ0n) is 45.3. The summed E-state index contributed by atoms with van der Waals surface area (Å²) in [5.41, 5.74) is 11.8. The molecule has 7 heterocycles. The largest absolute Gasteiger partial charge is 0.508 e. The summed E-state index contributed by atoms with van der Waals surface area (Å²) in [5, 5.41) is 32.5. The summed E-state index contributed by atoms with van der Waals surface area (Å²) in [6.45, 7) is 18.7. The number of likely N-dealkylation sites (tertiary alicyclic amines) is 3. The molecule has 79 heavy (non-hydrogen) atoms. The Morgan fingerprint density at radius 3 is 2.22 bits per heavy atom. The van der Waals surface area contributed by atoms with Crippen molar-refractivity contribution < 1.29 is 29.3 Å². The molecule has 4 saturated heterocycles. The van der Waals surface area contributed by atoms with Crippen LogP contribution >= 0.6 is 11.6 Å². The van der Waals surface area contributed by atoms with Crippen molar-refractivity contribution in [3.8, 4) is 34.6 Å². The van der Waals surface area contributed by atoms with Crippen LogP contribution < -0.4 is 20.3 Å². The summed E-state index contributed by atoms with van der Waals surface area (Å²) in [7, 11) is 0. The first-order valence-corrected chi connectivity index (χ1v) is 28.4. The van der Waals surface area contributed by atoms with Gasteiger partial charge in [-0.2, -0.15) is 9.97 Å². The first kappa shape index (κ1) is 53.7. The highest BCUT2D eigenvalue weighted by atomic mass is 35.5. The fourth-order valence-electron chi connectivity index (χ4n) is 12.6. The Balaban J connectivity index is 0.655. The number of hydrogen-bond donors (Lipinski definition) is 3. The van der Waals surface area contributed by atoms with E-state index in [4.69, 9.17) is 32.0 Å². The number of phenols is 2. The zero-order valence-corrected chi connectivity index (χ0v) is 46.1. The lowest BCUT2D eigenvalue weighted by molar-refractivity contribution is -0.140. The number of carbonyl (C=O) groups excluding carboxylic acids is 3. The van der Waals surface area contributed by atoms with Crippen molar-refractivity contribution in [2.24, 2.45) is 17.1 Å². The molecule has 4 N–H and O–H groups in total. The molecule has 5 aliphatic heterocycles. The number of aromatic nitrogens is 5. The second kappa shape index (κ2) is 22.8. The van der Waals surface area contributed by atoms with Crippen molar-refractivity contribution in [2.45, 2.75) is 77.8 Å². The number of hydrogen-bond acceptors (Lipinski definition) is 14. The molecular formula is C60H71ClN12O6. The highest BCUT2D eigenvalue weighted by Gasteiger charge is 2.40. The number of aromatic hydroxyl groups is 2. The lowest BCUT2D eigenvalue weighted by atomic mass is 9.71. The van der Waals surface area contributed by atoms with E-state index < -0.39 is 5.91 Å². The molecule has 414 valence electrons. The first-order valence-electron chi connectivity index (χ1n) is 28.0. The third-order valence-electron chi connectivity index (χ3n) is 17.4. The van der Waals surface area contributed by atoms with Gasteiger partial charge in [0.05, 0.1) is 22.8 Å². The summed E-state index contributed by atoms with van der Waals surface area (Å²) in [6, 6.07) is 23.4. The topological polar surface area (TPSA) is 203 Å². The van der Waals surface area contributed by atoms with Gasteiger partial charge < -0.3 is 40.3 Å². The molecule has 2 aromatic heterocycles. The van der Waals surface area contributed by atoms with Gasteiger partial charge in [0.25, 0.3) is 5.91 Å². The van der Waals surface area contributed by atoms with Crippen LogP contribution in [0.2, 0.25) is 5.02 Å². The zero-order chi connectivity index (χ0) is 55.0. The van der Waals surface area contributed by atoms with Gasteiger partial charge in [0.2, 0.25) is 17.6 Å². The maximum absolute atomic E-state index is 14.0. The molecule has 3 amide bonds. The van der Waals surface area contributed by atoms with Crippen LogP contribution in [0.15, 0.2) is 85.5 Å². The van der Waals surface area contributed by atoms with Gasteiger partial charge in [0, 0.05) is 93.2 Å². The predicted molar refractivity (Wildman–Crippen MR) is 305 cm³/mol. The van der Waals surface area contributed by atoms with Crippen molar-refractivity contribution in [2.75, 3.05) is 94.9 Å². The summed E-state index contributed by atoms with van der Waals surface area (Å²) in [6.07, 6.45) is 8.09. The quantitative estimate of drug-likeness (QED) is 0.0902. The molecule has 5 aliphatic rings. The molecule has 6 aromatic rings.